The van der Waals surface area contributed by atoms with Gasteiger partial charge in [-0.25, -0.2) is 0 Å². The maximum Gasteiger partial charge on any atom is 0.638 e. The van der Waals surface area contributed by atoms with E-state index in [4.69, 9.17) is 10.0 Å². The van der Waals surface area contributed by atoms with Crippen molar-refractivity contribution < 1.29 is 36.7 Å². The van der Waals surface area contributed by atoms with Crippen LogP contribution in [0.3, 0.4) is 0 Å². The van der Waals surface area contributed by atoms with Crippen molar-refractivity contribution in [1.82, 2.24) is 0 Å². The van der Waals surface area contributed by atoms with Crippen LogP contribution in [0.5, 0.6) is 0 Å². The molecule has 0 amide bonds. The van der Waals surface area contributed by atoms with Gasteiger partial charge >= 0.3 is 19.6 Å². The van der Waals surface area contributed by atoms with E-state index in [1.54, 1.807) is 0 Å². The summed E-state index contributed by atoms with van der Waals surface area (Å²) in [6, 6.07) is 0. The Labute approximate surface area is 57.6 Å². The van der Waals surface area contributed by atoms with E-state index in [9.17, 15) is 22.0 Å². The Morgan fingerprint density at radius 3 is 1.45 bits per heavy atom. The maximum absolute atomic E-state index is 11.5. The van der Waals surface area contributed by atoms with Gasteiger partial charge in [0.1, 0.15) is 0 Å². The van der Waals surface area contributed by atoms with E-state index < -0.39 is 19.6 Å². The molecule has 0 bridgehead atoms. The molecular weight excluding hydrogens is 178 g/mol. The summed E-state index contributed by atoms with van der Waals surface area (Å²) in [6.45, 7) is 0. The molecule has 0 unspecified atom stereocenters. The molecule has 0 spiro atoms. The highest BCUT2D eigenvalue weighted by atomic mass is 19.4. The van der Waals surface area contributed by atoms with Crippen LogP contribution in [0.1, 0.15) is 0 Å². The van der Waals surface area contributed by atoms with Crippen LogP contribution in [0.25, 0.3) is 0 Å². The van der Waals surface area contributed by atoms with Crippen molar-refractivity contribution in [3.63, 3.8) is 0 Å². The van der Waals surface area contributed by atoms with Crippen LogP contribution in [0.4, 0.5) is 22.0 Å². The molecule has 0 saturated carbocycles. The van der Waals surface area contributed by atoms with Crippen LogP contribution >= 0.6 is 0 Å². The van der Waals surface area contributed by atoms with E-state index in [1.807, 2.05) is 0 Å². The number of alkyl halides is 5. The summed E-state index contributed by atoms with van der Waals surface area (Å²) in [5, 5.41) is 15.2. The summed E-state index contributed by atoms with van der Waals surface area (Å²) >= 11 is 0. The van der Waals surface area contributed by atoms with E-state index in [1.165, 1.54) is 0 Å². The highest BCUT2D eigenvalue weighted by Gasteiger charge is 2.60. The third-order valence-electron chi connectivity index (χ3n) is 0.583. The average molecular weight is 180 g/mol. The van der Waals surface area contributed by atoms with Crippen LogP contribution in [-0.2, 0) is 4.65 Å². The molecule has 0 radical (unpaired) electrons. The minimum absolute atomic E-state index is 2.45. The molecule has 0 heterocycles. The van der Waals surface area contributed by atoms with Gasteiger partial charge < -0.3 is 14.7 Å². The van der Waals surface area contributed by atoms with Gasteiger partial charge in [-0.2, -0.15) is 22.0 Å². The van der Waals surface area contributed by atoms with Gasteiger partial charge in [0, 0.05) is 0 Å². The van der Waals surface area contributed by atoms with E-state index in [0.29, 0.717) is 0 Å². The molecule has 0 aromatic rings. The summed E-state index contributed by atoms with van der Waals surface area (Å²) < 4.78 is 58.8. The predicted molar refractivity (Wildman–Crippen MR) is 22.3 cm³/mol. The number of halogens is 5. The Balaban J connectivity index is 4.22. The molecule has 0 aromatic carbocycles. The quantitative estimate of drug-likeness (QED) is 0.468. The maximum atomic E-state index is 11.5. The number of rotatable bonds is 2. The van der Waals surface area contributed by atoms with Crippen LogP contribution < -0.4 is 0 Å². The smallest absolute Gasteiger partial charge is 0.402 e. The van der Waals surface area contributed by atoms with Crippen molar-refractivity contribution in [3.05, 3.63) is 0 Å². The fraction of sp³-hybridized carbons (Fsp3) is 1.00. The fourth-order valence-electron chi connectivity index (χ4n) is 0.199. The lowest BCUT2D eigenvalue weighted by Gasteiger charge is -2.18. The molecule has 0 fully saturated rings. The van der Waals surface area contributed by atoms with Crippen LogP contribution in [0.15, 0.2) is 0 Å². The normalized spacial score (nSPS) is 13.4. The summed E-state index contributed by atoms with van der Waals surface area (Å²) in [6.07, 6.45) is -11.5. The highest BCUT2D eigenvalue weighted by molar-refractivity contribution is 6.32. The Morgan fingerprint density at radius 2 is 1.36 bits per heavy atom. The number of hydrogen-bond donors (Lipinski definition) is 2. The lowest BCUT2D eigenvalue weighted by Crippen LogP contribution is -2.43. The number of hydrogen-bond acceptors (Lipinski definition) is 3. The van der Waals surface area contributed by atoms with Crippen molar-refractivity contribution in [3.8, 4) is 0 Å². The van der Waals surface area contributed by atoms with Gasteiger partial charge in [0.05, 0.1) is 0 Å². The molecule has 66 valence electrons. The highest BCUT2D eigenvalue weighted by Crippen LogP contribution is 2.36. The molecule has 0 aromatic heterocycles. The van der Waals surface area contributed by atoms with Crippen molar-refractivity contribution >= 4 is 7.32 Å². The van der Waals surface area contributed by atoms with Gasteiger partial charge in [-0.15, -0.1) is 0 Å². The Morgan fingerprint density at radius 1 is 1.00 bits per heavy atom. The minimum atomic E-state index is -5.95. The summed E-state index contributed by atoms with van der Waals surface area (Å²) in [4.78, 5) is 0. The molecule has 0 atom stereocenters. The molecule has 0 aliphatic heterocycles. The summed E-state index contributed by atoms with van der Waals surface area (Å²) in [5.41, 5.74) is 0. The molecule has 0 saturated heterocycles. The lowest BCUT2D eigenvalue weighted by atomic mass is 10.2. The second-order valence-electron chi connectivity index (χ2n) is 1.46. The average Bonchev–Trinajstić information content (AvgIpc) is 1.56. The van der Waals surface area contributed by atoms with Gasteiger partial charge in [0.15, 0.2) is 0 Å². The third kappa shape index (κ3) is 2.99. The third-order valence-corrected chi connectivity index (χ3v) is 0.583. The van der Waals surface area contributed by atoms with Gasteiger partial charge in [0.2, 0.25) is 0 Å². The van der Waals surface area contributed by atoms with E-state index >= 15 is 0 Å². The molecule has 9 heteroatoms. The van der Waals surface area contributed by atoms with Gasteiger partial charge in [-0.05, 0) is 0 Å². The minimum Gasteiger partial charge on any atom is -0.402 e. The Bertz CT molecular complexity index is 132. The molecule has 2 N–H and O–H groups in total. The van der Waals surface area contributed by atoms with E-state index in [-0.39, 0.29) is 0 Å². The van der Waals surface area contributed by atoms with Gasteiger partial charge in [-0.3, -0.25) is 0 Å². The molecule has 0 rings (SSSR count). The Kier molecular flexibility index (Phi) is 2.81. The first kappa shape index (κ1) is 10.6. The van der Waals surface area contributed by atoms with Gasteiger partial charge in [-0.1, -0.05) is 0 Å². The topological polar surface area (TPSA) is 49.7 Å². The molecule has 0 aliphatic rings. The van der Waals surface area contributed by atoms with E-state index in [0.717, 1.165) is 0 Å². The zero-order valence-electron chi connectivity index (χ0n) is 4.77. The molecule has 0 aliphatic carbocycles. The molecular formula is C2H2BF5O3. The van der Waals surface area contributed by atoms with Crippen molar-refractivity contribution in [1.29, 1.82) is 0 Å². The fourth-order valence-corrected chi connectivity index (χ4v) is 0.199. The van der Waals surface area contributed by atoms with Crippen molar-refractivity contribution in [2.75, 3.05) is 0 Å². The van der Waals surface area contributed by atoms with Crippen LogP contribution in [-0.4, -0.2) is 29.7 Å². The Hall–Kier alpha value is -0.405. The van der Waals surface area contributed by atoms with Crippen molar-refractivity contribution in [2.24, 2.45) is 0 Å². The summed E-state index contributed by atoms with van der Waals surface area (Å²) in [5.74, 6) is 0. The molecule has 3 nitrogen and oxygen atoms in total. The molecule has 11 heavy (non-hydrogen) atoms. The van der Waals surface area contributed by atoms with Crippen LogP contribution in [0.2, 0.25) is 0 Å². The second kappa shape index (κ2) is 2.91. The monoisotopic (exact) mass is 180 g/mol. The first-order valence-corrected chi connectivity index (χ1v) is 2.15. The standard InChI is InChI=1S/C2H2BF5O3/c4-1(5,6)2(7,8)11-3(9)10/h9-10H. The SMILES string of the molecule is OB(O)OC(F)(F)C(F)(F)F. The zero-order chi connectivity index (χ0) is 9.28. The second-order valence-corrected chi connectivity index (χ2v) is 1.46. The lowest BCUT2D eigenvalue weighted by molar-refractivity contribution is -0.369. The first-order chi connectivity index (χ1) is 4.67. The van der Waals surface area contributed by atoms with E-state index in [2.05, 4.69) is 4.65 Å². The summed E-state index contributed by atoms with van der Waals surface area (Å²) in [7, 11) is -3.16. The largest absolute Gasteiger partial charge is 0.638 e. The first-order valence-electron chi connectivity index (χ1n) is 2.15. The predicted octanol–water partition coefficient (Wildman–Crippen LogP) is 0.128. The van der Waals surface area contributed by atoms with Gasteiger partial charge in [0.25, 0.3) is 0 Å². The van der Waals surface area contributed by atoms with Crippen LogP contribution in [0, 0.1) is 0 Å². The van der Waals surface area contributed by atoms with Crippen molar-refractivity contribution in [2.45, 2.75) is 12.3 Å². The zero-order valence-corrected chi connectivity index (χ0v) is 4.77.